The first-order chi connectivity index (χ1) is 7.85. The lowest BCUT2D eigenvalue weighted by Gasteiger charge is -2.17. The van der Waals surface area contributed by atoms with Crippen LogP contribution >= 0.6 is 11.3 Å². The Kier molecular flexibility index (Phi) is 3.91. The van der Waals surface area contributed by atoms with E-state index in [1.807, 2.05) is 6.20 Å². The fourth-order valence-corrected chi connectivity index (χ4v) is 2.76. The highest BCUT2D eigenvalue weighted by Gasteiger charge is 2.10. The molecule has 0 saturated carbocycles. The molecule has 0 aliphatic rings. The number of hydrogen-bond donors (Lipinski definition) is 1. The van der Waals surface area contributed by atoms with Gasteiger partial charge in [-0.05, 0) is 36.0 Å². The summed E-state index contributed by atoms with van der Waals surface area (Å²) in [4.78, 5) is 4.50. The minimum atomic E-state index is 0.453. The SMILES string of the molecule is CCCC(NCC)c1cnc2ccsc2c1. The maximum Gasteiger partial charge on any atom is 0.0809 e. The average Bonchev–Trinajstić information content (AvgIpc) is 2.75. The molecule has 0 aliphatic carbocycles. The van der Waals surface area contributed by atoms with Crippen molar-refractivity contribution in [1.29, 1.82) is 0 Å². The van der Waals surface area contributed by atoms with Gasteiger partial charge in [0, 0.05) is 12.2 Å². The van der Waals surface area contributed by atoms with Gasteiger partial charge in [0.25, 0.3) is 0 Å². The third kappa shape index (κ3) is 2.42. The summed E-state index contributed by atoms with van der Waals surface area (Å²) in [5, 5.41) is 5.62. The van der Waals surface area contributed by atoms with E-state index in [0.717, 1.165) is 12.1 Å². The Morgan fingerprint density at radius 3 is 3.06 bits per heavy atom. The van der Waals surface area contributed by atoms with Crippen LogP contribution in [0.2, 0.25) is 0 Å². The topological polar surface area (TPSA) is 24.9 Å². The van der Waals surface area contributed by atoms with Crippen LogP contribution in [-0.2, 0) is 0 Å². The molecular weight excluding hydrogens is 216 g/mol. The fraction of sp³-hybridized carbons (Fsp3) is 0.462. The van der Waals surface area contributed by atoms with Crippen molar-refractivity contribution in [2.75, 3.05) is 6.54 Å². The Bertz CT molecular complexity index is 444. The first-order valence-electron chi connectivity index (χ1n) is 5.91. The predicted octanol–water partition coefficient (Wildman–Crippen LogP) is 3.75. The largest absolute Gasteiger partial charge is 0.310 e. The summed E-state index contributed by atoms with van der Waals surface area (Å²) in [5.74, 6) is 0. The lowest BCUT2D eigenvalue weighted by Crippen LogP contribution is -2.20. The van der Waals surface area contributed by atoms with Crippen molar-refractivity contribution in [2.24, 2.45) is 0 Å². The lowest BCUT2D eigenvalue weighted by molar-refractivity contribution is 0.508. The van der Waals surface area contributed by atoms with Gasteiger partial charge in [-0.1, -0.05) is 20.3 Å². The third-order valence-electron chi connectivity index (χ3n) is 2.75. The van der Waals surface area contributed by atoms with Gasteiger partial charge >= 0.3 is 0 Å². The molecule has 86 valence electrons. The van der Waals surface area contributed by atoms with Crippen LogP contribution in [0.15, 0.2) is 23.7 Å². The van der Waals surface area contributed by atoms with Gasteiger partial charge in [-0.25, -0.2) is 0 Å². The molecular formula is C13H18N2S. The summed E-state index contributed by atoms with van der Waals surface area (Å²) < 4.78 is 1.29. The normalized spacial score (nSPS) is 13.1. The summed E-state index contributed by atoms with van der Waals surface area (Å²) in [7, 11) is 0. The second-order valence-corrected chi connectivity index (χ2v) is 4.92. The highest BCUT2D eigenvalue weighted by Crippen LogP contribution is 2.24. The van der Waals surface area contributed by atoms with Crippen LogP contribution < -0.4 is 5.32 Å². The monoisotopic (exact) mass is 234 g/mol. The Balaban J connectivity index is 2.28. The summed E-state index contributed by atoms with van der Waals surface area (Å²) in [6.45, 7) is 5.38. The molecule has 3 heteroatoms. The van der Waals surface area contributed by atoms with Gasteiger partial charge < -0.3 is 5.32 Å². The van der Waals surface area contributed by atoms with E-state index in [1.54, 1.807) is 11.3 Å². The molecule has 16 heavy (non-hydrogen) atoms. The molecule has 2 aromatic rings. The molecule has 0 radical (unpaired) electrons. The Morgan fingerprint density at radius 2 is 2.31 bits per heavy atom. The van der Waals surface area contributed by atoms with Gasteiger partial charge in [0.05, 0.1) is 10.2 Å². The second-order valence-electron chi connectivity index (χ2n) is 3.97. The number of aromatic nitrogens is 1. The van der Waals surface area contributed by atoms with Crippen LogP contribution in [0, 0.1) is 0 Å². The first kappa shape index (κ1) is 11.6. The molecule has 0 amide bonds. The summed E-state index contributed by atoms with van der Waals surface area (Å²) in [5.41, 5.74) is 2.43. The zero-order valence-electron chi connectivity index (χ0n) is 9.86. The molecule has 0 saturated heterocycles. The van der Waals surface area contributed by atoms with E-state index in [1.165, 1.54) is 23.1 Å². The van der Waals surface area contributed by atoms with Crippen LogP contribution in [0.4, 0.5) is 0 Å². The number of hydrogen-bond acceptors (Lipinski definition) is 3. The van der Waals surface area contributed by atoms with Crippen LogP contribution in [0.1, 0.15) is 38.3 Å². The van der Waals surface area contributed by atoms with Gasteiger partial charge in [0.2, 0.25) is 0 Å². The van der Waals surface area contributed by atoms with E-state index in [4.69, 9.17) is 0 Å². The van der Waals surface area contributed by atoms with Gasteiger partial charge in [-0.2, -0.15) is 0 Å². The first-order valence-corrected chi connectivity index (χ1v) is 6.79. The van der Waals surface area contributed by atoms with Crippen molar-refractivity contribution >= 4 is 21.6 Å². The molecule has 0 aromatic carbocycles. The minimum absolute atomic E-state index is 0.453. The van der Waals surface area contributed by atoms with Crippen LogP contribution in [0.25, 0.3) is 10.2 Å². The second kappa shape index (κ2) is 5.41. The van der Waals surface area contributed by atoms with Crippen molar-refractivity contribution in [1.82, 2.24) is 10.3 Å². The highest BCUT2D eigenvalue weighted by molar-refractivity contribution is 7.17. The average molecular weight is 234 g/mol. The molecule has 2 heterocycles. The van der Waals surface area contributed by atoms with Crippen molar-refractivity contribution in [3.05, 3.63) is 29.3 Å². The minimum Gasteiger partial charge on any atom is -0.310 e. The van der Waals surface area contributed by atoms with Gasteiger partial charge in [-0.15, -0.1) is 11.3 Å². The van der Waals surface area contributed by atoms with Gasteiger partial charge in [0.15, 0.2) is 0 Å². The van der Waals surface area contributed by atoms with Crippen LogP contribution in [-0.4, -0.2) is 11.5 Å². The maximum atomic E-state index is 4.50. The van der Waals surface area contributed by atoms with Crippen molar-refractivity contribution in [2.45, 2.75) is 32.7 Å². The number of pyridine rings is 1. The number of nitrogens with one attached hydrogen (secondary N) is 1. The van der Waals surface area contributed by atoms with Crippen molar-refractivity contribution < 1.29 is 0 Å². The van der Waals surface area contributed by atoms with E-state index in [9.17, 15) is 0 Å². The van der Waals surface area contributed by atoms with E-state index < -0.39 is 0 Å². The van der Waals surface area contributed by atoms with E-state index in [0.29, 0.717) is 6.04 Å². The number of rotatable bonds is 5. The van der Waals surface area contributed by atoms with E-state index in [2.05, 4.69) is 41.7 Å². The molecule has 0 fully saturated rings. The standard InChI is InChI=1S/C13H18N2S/c1-3-5-11(14-4-2)10-8-13-12(15-9-10)6-7-16-13/h6-9,11,14H,3-5H2,1-2H3. The number of nitrogens with zero attached hydrogens (tertiary/aromatic N) is 1. The van der Waals surface area contributed by atoms with E-state index in [-0.39, 0.29) is 0 Å². The molecule has 2 rings (SSSR count). The molecule has 1 atom stereocenters. The number of fused-ring (bicyclic) bond motifs is 1. The van der Waals surface area contributed by atoms with Gasteiger partial charge in [0.1, 0.15) is 0 Å². The molecule has 1 N–H and O–H groups in total. The predicted molar refractivity (Wildman–Crippen MR) is 70.9 cm³/mol. The van der Waals surface area contributed by atoms with Crippen LogP contribution in [0.5, 0.6) is 0 Å². The Morgan fingerprint density at radius 1 is 1.44 bits per heavy atom. The smallest absolute Gasteiger partial charge is 0.0809 e. The zero-order chi connectivity index (χ0) is 11.4. The molecule has 0 aliphatic heterocycles. The molecule has 0 bridgehead atoms. The summed E-state index contributed by atoms with van der Waals surface area (Å²) in [6.07, 6.45) is 4.38. The molecule has 2 aromatic heterocycles. The lowest BCUT2D eigenvalue weighted by atomic mass is 10.0. The number of thiophene rings is 1. The van der Waals surface area contributed by atoms with Crippen molar-refractivity contribution in [3.63, 3.8) is 0 Å². The maximum absolute atomic E-state index is 4.50. The Labute approximate surface area is 101 Å². The fourth-order valence-electron chi connectivity index (χ4n) is 1.97. The summed E-state index contributed by atoms with van der Waals surface area (Å²) >= 11 is 1.76. The summed E-state index contributed by atoms with van der Waals surface area (Å²) in [6, 6.07) is 4.80. The highest BCUT2D eigenvalue weighted by atomic mass is 32.1. The molecule has 1 unspecified atom stereocenters. The molecule has 2 nitrogen and oxygen atoms in total. The van der Waals surface area contributed by atoms with E-state index >= 15 is 0 Å². The van der Waals surface area contributed by atoms with Gasteiger partial charge in [-0.3, -0.25) is 4.98 Å². The quantitative estimate of drug-likeness (QED) is 0.852. The Hall–Kier alpha value is -0.930. The molecule has 0 spiro atoms. The van der Waals surface area contributed by atoms with Crippen LogP contribution in [0.3, 0.4) is 0 Å². The zero-order valence-corrected chi connectivity index (χ0v) is 10.7. The third-order valence-corrected chi connectivity index (χ3v) is 3.61. The van der Waals surface area contributed by atoms with Crippen molar-refractivity contribution in [3.8, 4) is 0 Å².